The van der Waals surface area contributed by atoms with Crippen molar-refractivity contribution in [3.63, 3.8) is 0 Å². The molecule has 0 aliphatic carbocycles. The number of aromatic amines is 1. The number of hydrogen-bond acceptors (Lipinski definition) is 2. The first-order valence-electron chi connectivity index (χ1n) is 7.45. The zero-order valence-corrected chi connectivity index (χ0v) is 12.5. The van der Waals surface area contributed by atoms with Crippen molar-refractivity contribution in [3.8, 4) is 0 Å². The number of nitrogens with one attached hydrogen (secondary N) is 1. The van der Waals surface area contributed by atoms with Crippen molar-refractivity contribution in [3.05, 3.63) is 29.6 Å². The second-order valence-electron chi connectivity index (χ2n) is 4.97. The zero-order valence-electron chi connectivity index (χ0n) is 12.5. The van der Waals surface area contributed by atoms with E-state index in [-0.39, 0.29) is 0 Å². The summed E-state index contributed by atoms with van der Waals surface area (Å²) in [6.07, 6.45) is 2.15. The largest absolute Gasteiger partial charge is 0.341 e. The molecular formula is C16H25N3. The van der Waals surface area contributed by atoms with E-state index in [2.05, 4.69) is 55.8 Å². The fourth-order valence-electron chi connectivity index (χ4n) is 2.74. The van der Waals surface area contributed by atoms with Gasteiger partial charge in [-0.2, -0.15) is 0 Å². The van der Waals surface area contributed by atoms with Crippen LogP contribution in [0.4, 0.5) is 0 Å². The molecule has 0 amide bonds. The smallest absolute Gasteiger partial charge is 0.124 e. The Morgan fingerprint density at radius 3 is 2.47 bits per heavy atom. The van der Waals surface area contributed by atoms with Gasteiger partial charge in [-0.3, -0.25) is 4.90 Å². The number of hydrogen-bond donors (Lipinski definition) is 1. The van der Waals surface area contributed by atoms with Crippen molar-refractivity contribution in [1.82, 2.24) is 14.9 Å². The minimum atomic E-state index is 0.396. The zero-order chi connectivity index (χ0) is 13.8. The fraction of sp³-hybridized carbons (Fsp3) is 0.562. The minimum absolute atomic E-state index is 0.396. The first-order chi connectivity index (χ1) is 9.23. The van der Waals surface area contributed by atoms with Gasteiger partial charge in [0, 0.05) is 0 Å². The van der Waals surface area contributed by atoms with Gasteiger partial charge in [-0.15, -0.1) is 0 Å². The summed E-state index contributed by atoms with van der Waals surface area (Å²) in [7, 11) is 0. The number of aromatic nitrogens is 2. The van der Waals surface area contributed by atoms with Gasteiger partial charge in [-0.05, 0) is 43.6 Å². The van der Waals surface area contributed by atoms with Gasteiger partial charge < -0.3 is 4.98 Å². The van der Waals surface area contributed by atoms with E-state index >= 15 is 0 Å². The van der Waals surface area contributed by atoms with Gasteiger partial charge in [0.1, 0.15) is 5.82 Å². The lowest BCUT2D eigenvalue weighted by atomic mass is 10.1. The van der Waals surface area contributed by atoms with Crippen LogP contribution >= 0.6 is 0 Å². The van der Waals surface area contributed by atoms with Gasteiger partial charge in [0.25, 0.3) is 0 Å². The summed E-state index contributed by atoms with van der Waals surface area (Å²) in [5, 5.41) is 0. The maximum absolute atomic E-state index is 4.78. The minimum Gasteiger partial charge on any atom is -0.341 e. The first-order valence-corrected chi connectivity index (χ1v) is 7.45. The molecule has 0 bridgehead atoms. The maximum atomic E-state index is 4.78. The summed E-state index contributed by atoms with van der Waals surface area (Å²) >= 11 is 0. The lowest BCUT2D eigenvalue weighted by Gasteiger charge is -2.26. The monoisotopic (exact) mass is 259 g/mol. The Hall–Kier alpha value is -1.35. The molecule has 3 heteroatoms. The van der Waals surface area contributed by atoms with Crippen LogP contribution in [0.15, 0.2) is 18.2 Å². The Labute approximate surface area is 116 Å². The molecule has 1 aromatic carbocycles. The highest BCUT2D eigenvalue weighted by Gasteiger charge is 2.19. The summed E-state index contributed by atoms with van der Waals surface area (Å²) in [4.78, 5) is 10.8. The average Bonchev–Trinajstić information content (AvgIpc) is 2.86. The van der Waals surface area contributed by atoms with Crippen LogP contribution in [0.25, 0.3) is 11.0 Å². The van der Waals surface area contributed by atoms with E-state index < -0.39 is 0 Å². The molecule has 0 aliphatic heterocycles. The molecule has 0 saturated carbocycles. The molecule has 0 aliphatic rings. The highest BCUT2D eigenvalue weighted by molar-refractivity contribution is 5.76. The quantitative estimate of drug-likeness (QED) is 0.852. The molecule has 3 nitrogen and oxygen atoms in total. The van der Waals surface area contributed by atoms with Crippen LogP contribution in [0, 0.1) is 0 Å². The van der Waals surface area contributed by atoms with Crippen LogP contribution in [0.3, 0.4) is 0 Å². The Morgan fingerprint density at radius 2 is 1.89 bits per heavy atom. The molecule has 1 atom stereocenters. The van der Waals surface area contributed by atoms with Crippen LogP contribution in [0.5, 0.6) is 0 Å². The molecule has 1 aromatic heterocycles. The number of rotatable bonds is 6. The number of nitrogens with zero attached hydrogens (tertiary/aromatic N) is 2. The van der Waals surface area contributed by atoms with Crippen molar-refractivity contribution in [2.45, 2.75) is 46.6 Å². The van der Waals surface area contributed by atoms with E-state index in [4.69, 9.17) is 4.98 Å². The van der Waals surface area contributed by atoms with Gasteiger partial charge in [-0.25, -0.2) is 4.98 Å². The van der Waals surface area contributed by atoms with E-state index in [1.807, 2.05) is 0 Å². The van der Waals surface area contributed by atoms with Gasteiger partial charge in [0.15, 0.2) is 0 Å². The topological polar surface area (TPSA) is 31.9 Å². The standard InChI is InChI=1S/C16H25N3/c1-5-12-9-10-13-14(11-12)18-16(17-13)15(6-2)19(7-3)8-4/h9-11,15H,5-8H2,1-4H3,(H,17,18). The van der Waals surface area contributed by atoms with Crippen LogP contribution in [0.1, 0.15) is 51.5 Å². The summed E-state index contributed by atoms with van der Waals surface area (Å²) in [6, 6.07) is 6.92. The van der Waals surface area contributed by atoms with E-state index in [1.165, 1.54) is 11.1 Å². The summed E-state index contributed by atoms with van der Waals surface area (Å²) in [5.74, 6) is 1.11. The molecule has 104 valence electrons. The Morgan fingerprint density at radius 1 is 1.16 bits per heavy atom. The fourth-order valence-corrected chi connectivity index (χ4v) is 2.74. The van der Waals surface area contributed by atoms with E-state index in [9.17, 15) is 0 Å². The normalized spacial score (nSPS) is 13.3. The van der Waals surface area contributed by atoms with Gasteiger partial charge in [0.05, 0.1) is 17.1 Å². The molecule has 0 saturated heterocycles. The van der Waals surface area contributed by atoms with Crippen molar-refractivity contribution >= 4 is 11.0 Å². The summed E-state index contributed by atoms with van der Waals surface area (Å²) < 4.78 is 0. The third-order valence-corrected chi connectivity index (χ3v) is 3.93. The number of H-pyrrole nitrogens is 1. The van der Waals surface area contributed by atoms with Gasteiger partial charge in [0.2, 0.25) is 0 Å². The van der Waals surface area contributed by atoms with Crippen LogP contribution in [-0.2, 0) is 6.42 Å². The summed E-state index contributed by atoms with van der Waals surface area (Å²) in [5.41, 5.74) is 3.61. The third-order valence-electron chi connectivity index (χ3n) is 3.93. The van der Waals surface area contributed by atoms with Crippen molar-refractivity contribution in [2.75, 3.05) is 13.1 Å². The number of imidazole rings is 1. The molecule has 19 heavy (non-hydrogen) atoms. The number of benzene rings is 1. The lowest BCUT2D eigenvalue weighted by Crippen LogP contribution is -2.28. The number of fused-ring (bicyclic) bond motifs is 1. The molecule has 0 fully saturated rings. The van der Waals surface area contributed by atoms with Crippen molar-refractivity contribution in [1.29, 1.82) is 0 Å². The maximum Gasteiger partial charge on any atom is 0.124 e. The van der Waals surface area contributed by atoms with E-state index in [1.54, 1.807) is 0 Å². The SMILES string of the molecule is CCc1ccc2nc(C(CC)N(CC)CC)[nH]c2c1. The molecule has 0 spiro atoms. The van der Waals surface area contributed by atoms with Crippen molar-refractivity contribution < 1.29 is 0 Å². The predicted molar refractivity (Wildman–Crippen MR) is 81.4 cm³/mol. The molecule has 2 rings (SSSR count). The Kier molecular flexibility index (Phi) is 4.59. The van der Waals surface area contributed by atoms with Gasteiger partial charge >= 0.3 is 0 Å². The highest BCUT2D eigenvalue weighted by atomic mass is 15.2. The summed E-state index contributed by atoms with van der Waals surface area (Å²) in [6.45, 7) is 11.0. The number of aryl methyl sites for hydroxylation is 1. The lowest BCUT2D eigenvalue weighted by molar-refractivity contribution is 0.206. The Balaban J connectivity index is 2.38. The molecule has 1 unspecified atom stereocenters. The van der Waals surface area contributed by atoms with Crippen LogP contribution < -0.4 is 0 Å². The van der Waals surface area contributed by atoms with Crippen molar-refractivity contribution in [2.24, 2.45) is 0 Å². The van der Waals surface area contributed by atoms with Crippen LogP contribution in [-0.4, -0.2) is 28.0 Å². The van der Waals surface area contributed by atoms with Crippen LogP contribution in [0.2, 0.25) is 0 Å². The average molecular weight is 259 g/mol. The highest BCUT2D eigenvalue weighted by Crippen LogP contribution is 2.24. The third kappa shape index (κ3) is 2.81. The Bertz CT molecular complexity index is 526. The predicted octanol–water partition coefficient (Wildman–Crippen LogP) is 3.92. The first kappa shape index (κ1) is 14.1. The molecule has 1 heterocycles. The second-order valence-corrected chi connectivity index (χ2v) is 4.97. The van der Waals surface area contributed by atoms with Gasteiger partial charge in [-0.1, -0.05) is 33.8 Å². The molecule has 1 N–H and O–H groups in total. The van der Waals surface area contributed by atoms with E-state index in [0.717, 1.165) is 37.3 Å². The molecule has 2 aromatic rings. The molecule has 0 radical (unpaired) electrons. The second kappa shape index (κ2) is 6.20. The molecular weight excluding hydrogens is 234 g/mol. The van der Waals surface area contributed by atoms with E-state index in [0.29, 0.717) is 6.04 Å².